The third kappa shape index (κ3) is 4.54. The molecule has 5 nitrogen and oxygen atoms in total. The lowest BCUT2D eigenvalue weighted by Gasteiger charge is -2.42. The zero-order valence-electron chi connectivity index (χ0n) is 20.6. The Hall–Kier alpha value is -2.93. The van der Waals surface area contributed by atoms with Gasteiger partial charge in [-0.25, -0.2) is 4.39 Å². The van der Waals surface area contributed by atoms with Gasteiger partial charge in [-0.05, 0) is 56.5 Å². The van der Waals surface area contributed by atoms with Gasteiger partial charge in [0, 0.05) is 48.2 Å². The minimum absolute atomic E-state index is 0.158. The van der Waals surface area contributed by atoms with E-state index < -0.39 is 17.6 Å². The van der Waals surface area contributed by atoms with Gasteiger partial charge in [-0.15, -0.1) is 0 Å². The molecule has 2 aliphatic rings. The van der Waals surface area contributed by atoms with Crippen LogP contribution >= 0.6 is 0 Å². The number of fused-ring (bicyclic) bond motifs is 3. The summed E-state index contributed by atoms with van der Waals surface area (Å²) in [6, 6.07) is 15.3. The van der Waals surface area contributed by atoms with Gasteiger partial charge in [0.05, 0.1) is 12.7 Å². The molecular weight excluding hydrogens is 448 g/mol. The van der Waals surface area contributed by atoms with Crippen molar-refractivity contribution >= 4 is 16.8 Å². The second kappa shape index (κ2) is 9.26. The van der Waals surface area contributed by atoms with Crippen molar-refractivity contribution in [2.45, 2.75) is 44.9 Å². The van der Waals surface area contributed by atoms with Gasteiger partial charge in [-0.1, -0.05) is 30.3 Å². The van der Waals surface area contributed by atoms with E-state index >= 15 is 0 Å². The summed E-state index contributed by atoms with van der Waals surface area (Å²) in [6.07, 6.45) is 0.665. The van der Waals surface area contributed by atoms with E-state index in [9.17, 15) is 13.6 Å². The lowest BCUT2D eigenvalue weighted by atomic mass is 9.87. The standard InChI is InChI=1S/C28H33F2N3O2/c1-18-14-23-22-6-4-5-7-24(22)31-25(23)26(33(18)27(34)28(2,3)30)20-8-10-21(11-9-20)35-13-12-32-16-19(15-29)17-32/h4-11,18-19,26,31H,12-17H2,1-3H3/t18-,26-/m1/s1. The number of likely N-dealkylation sites (tertiary alicyclic amines) is 1. The number of carbonyl (C=O) groups excluding carboxylic acids is 1. The number of nitrogens with one attached hydrogen (secondary N) is 1. The van der Waals surface area contributed by atoms with Crippen LogP contribution in [0.1, 0.15) is 43.6 Å². The van der Waals surface area contributed by atoms with Gasteiger partial charge < -0.3 is 14.6 Å². The van der Waals surface area contributed by atoms with Crippen LogP contribution in [-0.4, -0.2) is 65.3 Å². The van der Waals surface area contributed by atoms with Crippen molar-refractivity contribution in [3.05, 3.63) is 65.4 Å². The van der Waals surface area contributed by atoms with E-state index in [4.69, 9.17) is 4.74 Å². The van der Waals surface area contributed by atoms with Gasteiger partial charge in [0.15, 0.2) is 5.67 Å². The Kier molecular flexibility index (Phi) is 6.30. The molecule has 1 N–H and O–H groups in total. The Morgan fingerprint density at radius 3 is 2.54 bits per heavy atom. The summed E-state index contributed by atoms with van der Waals surface area (Å²) >= 11 is 0. The molecule has 3 aromatic rings. The number of para-hydroxylation sites is 1. The minimum atomic E-state index is -1.98. The first-order valence-electron chi connectivity index (χ1n) is 12.4. The Balaban J connectivity index is 1.41. The van der Waals surface area contributed by atoms with Crippen molar-refractivity contribution in [3.63, 3.8) is 0 Å². The molecule has 5 rings (SSSR count). The largest absolute Gasteiger partial charge is 0.492 e. The van der Waals surface area contributed by atoms with E-state index in [1.165, 1.54) is 19.4 Å². The third-order valence-electron chi connectivity index (χ3n) is 7.24. The van der Waals surface area contributed by atoms with Crippen molar-refractivity contribution in [2.75, 3.05) is 32.9 Å². The molecule has 0 aliphatic carbocycles. The Morgan fingerprint density at radius 2 is 1.86 bits per heavy atom. The first kappa shape index (κ1) is 23.8. The molecule has 3 heterocycles. The molecule has 35 heavy (non-hydrogen) atoms. The number of alkyl halides is 2. The summed E-state index contributed by atoms with van der Waals surface area (Å²) in [7, 11) is 0. The van der Waals surface area contributed by atoms with Crippen molar-refractivity contribution in [2.24, 2.45) is 5.92 Å². The number of hydrogen-bond acceptors (Lipinski definition) is 3. The molecule has 1 saturated heterocycles. The highest BCUT2D eigenvalue weighted by Crippen LogP contribution is 2.42. The van der Waals surface area contributed by atoms with Gasteiger partial charge in [-0.2, -0.15) is 0 Å². The molecule has 2 aromatic carbocycles. The van der Waals surface area contributed by atoms with Crippen LogP contribution in [0.15, 0.2) is 48.5 Å². The molecule has 0 spiro atoms. The highest BCUT2D eigenvalue weighted by molar-refractivity contribution is 5.89. The van der Waals surface area contributed by atoms with E-state index in [1.54, 1.807) is 4.90 Å². The van der Waals surface area contributed by atoms with Crippen molar-refractivity contribution < 1.29 is 18.3 Å². The lowest BCUT2D eigenvalue weighted by Crippen LogP contribution is -2.52. The Labute approximate surface area is 205 Å². The van der Waals surface area contributed by atoms with Crippen LogP contribution in [0.5, 0.6) is 5.75 Å². The second-order valence-corrected chi connectivity index (χ2v) is 10.4. The normalized spacial score (nSPS) is 21.1. The summed E-state index contributed by atoms with van der Waals surface area (Å²) in [5.74, 6) is 0.392. The summed E-state index contributed by atoms with van der Waals surface area (Å²) in [6.45, 7) is 7.27. The molecule has 186 valence electrons. The lowest BCUT2D eigenvalue weighted by molar-refractivity contribution is -0.146. The number of ether oxygens (including phenoxy) is 1. The molecule has 0 radical (unpaired) electrons. The van der Waals surface area contributed by atoms with E-state index in [0.717, 1.165) is 47.5 Å². The van der Waals surface area contributed by atoms with Gasteiger partial charge in [-0.3, -0.25) is 14.1 Å². The third-order valence-corrected chi connectivity index (χ3v) is 7.24. The van der Waals surface area contributed by atoms with Gasteiger partial charge in [0.25, 0.3) is 5.91 Å². The van der Waals surface area contributed by atoms with Crippen molar-refractivity contribution in [1.29, 1.82) is 0 Å². The second-order valence-electron chi connectivity index (χ2n) is 10.4. The number of benzene rings is 2. The van der Waals surface area contributed by atoms with E-state index in [-0.39, 0.29) is 18.6 Å². The highest BCUT2D eigenvalue weighted by Gasteiger charge is 2.43. The Bertz CT molecular complexity index is 1200. The fourth-order valence-corrected chi connectivity index (χ4v) is 5.41. The molecule has 7 heteroatoms. The average Bonchev–Trinajstić information content (AvgIpc) is 3.17. The maximum absolute atomic E-state index is 14.9. The summed E-state index contributed by atoms with van der Waals surface area (Å²) in [4.78, 5) is 20.7. The number of aromatic amines is 1. The predicted molar refractivity (Wildman–Crippen MR) is 133 cm³/mol. The molecule has 2 aliphatic heterocycles. The molecule has 0 saturated carbocycles. The zero-order chi connectivity index (χ0) is 24.7. The SMILES string of the molecule is C[C@@H]1Cc2c([nH]c3ccccc23)[C@@H](c2ccc(OCCN3CC(CF)C3)cc2)N1C(=O)C(C)(C)F. The zero-order valence-corrected chi connectivity index (χ0v) is 20.6. The first-order valence-corrected chi connectivity index (χ1v) is 12.4. The summed E-state index contributed by atoms with van der Waals surface area (Å²) in [5.41, 5.74) is 2.07. The predicted octanol–water partition coefficient (Wildman–Crippen LogP) is 5.06. The van der Waals surface area contributed by atoms with Gasteiger partial charge in [0.1, 0.15) is 12.4 Å². The number of nitrogens with zero attached hydrogens (tertiary/aromatic N) is 2. The quantitative estimate of drug-likeness (QED) is 0.513. The van der Waals surface area contributed by atoms with Crippen LogP contribution in [0.3, 0.4) is 0 Å². The van der Waals surface area contributed by atoms with Gasteiger partial charge in [0.2, 0.25) is 0 Å². The average molecular weight is 482 g/mol. The molecule has 2 atom stereocenters. The molecule has 0 unspecified atom stereocenters. The Morgan fingerprint density at radius 1 is 1.14 bits per heavy atom. The smallest absolute Gasteiger partial charge is 0.260 e. The van der Waals surface area contributed by atoms with Crippen LogP contribution < -0.4 is 4.74 Å². The van der Waals surface area contributed by atoms with Crippen LogP contribution in [0, 0.1) is 5.92 Å². The van der Waals surface area contributed by atoms with Crippen LogP contribution in [0.2, 0.25) is 0 Å². The number of halogens is 2. The number of carbonyl (C=O) groups is 1. The maximum atomic E-state index is 14.9. The van der Waals surface area contributed by atoms with E-state index in [1.807, 2.05) is 49.4 Å². The van der Waals surface area contributed by atoms with Crippen LogP contribution in [0.4, 0.5) is 8.78 Å². The number of H-pyrrole nitrogens is 1. The highest BCUT2D eigenvalue weighted by atomic mass is 19.1. The fraction of sp³-hybridized carbons (Fsp3) is 0.464. The summed E-state index contributed by atoms with van der Waals surface area (Å²) < 4.78 is 33.4. The fourth-order valence-electron chi connectivity index (χ4n) is 5.41. The minimum Gasteiger partial charge on any atom is -0.492 e. The maximum Gasteiger partial charge on any atom is 0.260 e. The molecule has 1 aromatic heterocycles. The van der Waals surface area contributed by atoms with E-state index in [0.29, 0.717) is 13.0 Å². The van der Waals surface area contributed by atoms with Gasteiger partial charge >= 0.3 is 0 Å². The van der Waals surface area contributed by atoms with Crippen molar-refractivity contribution in [1.82, 2.24) is 14.8 Å². The molecule has 1 fully saturated rings. The first-order chi connectivity index (χ1) is 16.8. The topological polar surface area (TPSA) is 48.6 Å². The molecular formula is C28H33F2N3O2. The number of rotatable bonds is 7. The number of aromatic nitrogens is 1. The van der Waals surface area contributed by atoms with E-state index in [2.05, 4.69) is 16.0 Å². The van der Waals surface area contributed by atoms with Crippen LogP contribution in [-0.2, 0) is 11.2 Å². The van der Waals surface area contributed by atoms with Crippen molar-refractivity contribution in [3.8, 4) is 5.75 Å². The number of amides is 1. The number of hydrogen-bond donors (Lipinski definition) is 1. The molecule has 1 amide bonds. The molecule has 0 bridgehead atoms. The monoisotopic (exact) mass is 481 g/mol. The summed E-state index contributed by atoms with van der Waals surface area (Å²) in [5, 5.41) is 1.15. The van der Waals surface area contributed by atoms with Crippen LogP contribution in [0.25, 0.3) is 10.9 Å².